The van der Waals surface area contributed by atoms with Crippen molar-refractivity contribution in [3.63, 3.8) is 0 Å². The number of hydrogen-bond donors (Lipinski definition) is 1. The minimum Gasteiger partial charge on any atom is -0.467 e. The van der Waals surface area contributed by atoms with E-state index in [0.717, 1.165) is 23.6 Å². The summed E-state index contributed by atoms with van der Waals surface area (Å²) >= 11 is 0. The molecular weight excluding hydrogens is 226 g/mol. The molecule has 98 valence electrons. The van der Waals surface area contributed by atoms with Gasteiger partial charge in [-0.25, -0.2) is 0 Å². The van der Waals surface area contributed by atoms with Gasteiger partial charge in [0.2, 0.25) is 0 Å². The van der Waals surface area contributed by atoms with Crippen LogP contribution in [0, 0.1) is 6.92 Å². The van der Waals surface area contributed by atoms with Crippen molar-refractivity contribution in [2.75, 3.05) is 6.54 Å². The van der Waals surface area contributed by atoms with Crippen LogP contribution in [0.1, 0.15) is 49.9 Å². The SMILES string of the molecule is CCNC(c1occc1C)c1ccnn1C(C)C. The minimum absolute atomic E-state index is 0.0647. The van der Waals surface area contributed by atoms with E-state index in [2.05, 4.69) is 44.2 Å². The highest BCUT2D eigenvalue weighted by molar-refractivity contribution is 5.26. The smallest absolute Gasteiger partial charge is 0.129 e. The van der Waals surface area contributed by atoms with Crippen LogP contribution in [-0.4, -0.2) is 16.3 Å². The van der Waals surface area contributed by atoms with Gasteiger partial charge in [-0.2, -0.15) is 5.10 Å². The summed E-state index contributed by atoms with van der Waals surface area (Å²) in [6.07, 6.45) is 3.59. The molecule has 0 amide bonds. The Morgan fingerprint density at radius 3 is 2.72 bits per heavy atom. The van der Waals surface area contributed by atoms with Gasteiger partial charge in [-0.3, -0.25) is 4.68 Å². The second kappa shape index (κ2) is 5.40. The van der Waals surface area contributed by atoms with E-state index >= 15 is 0 Å². The van der Waals surface area contributed by atoms with E-state index in [4.69, 9.17) is 4.42 Å². The molecule has 2 aromatic rings. The van der Waals surface area contributed by atoms with Crippen LogP contribution >= 0.6 is 0 Å². The second-order valence-corrected chi connectivity index (χ2v) is 4.75. The molecule has 1 atom stereocenters. The van der Waals surface area contributed by atoms with Gasteiger partial charge in [-0.05, 0) is 45.0 Å². The summed E-state index contributed by atoms with van der Waals surface area (Å²) in [4.78, 5) is 0. The summed E-state index contributed by atoms with van der Waals surface area (Å²) in [5.41, 5.74) is 2.31. The van der Waals surface area contributed by atoms with Gasteiger partial charge in [-0.1, -0.05) is 6.92 Å². The lowest BCUT2D eigenvalue weighted by atomic mass is 10.1. The van der Waals surface area contributed by atoms with E-state index in [1.165, 1.54) is 0 Å². The molecule has 18 heavy (non-hydrogen) atoms. The molecule has 2 heterocycles. The molecule has 0 fully saturated rings. The molecular formula is C14H21N3O. The first-order valence-corrected chi connectivity index (χ1v) is 6.46. The highest BCUT2D eigenvalue weighted by Crippen LogP contribution is 2.26. The van der Waals surface area contributed by atoms with Crippen molar-refractivity contribution in [2.24, 2.45) is 0 Å². The maximum atomic E-state index is 5.63. The summed E-state index contributed by atoms with van der Waals surface area (Å²) in [7, 11) is 0. The van der Waals surface area contributed by atoms with Gasteiger partial charge in [0.25, 0.3) is 0 Å². The lowest BCUT2D eigenvalue weighted by molar-refractivity contribution is 0.414. The standard InChI is InChI=1S/C14H21N3O/c1-5-15-13(14-11(4)7-9-18-14)12-6-8-16-17(12)10(2)3/h6-10,13,15H,5H2,1-4H3. The van der Waals surface area contributed by atoms with E-state index in [9.17, 15) is 0 Å². The van der Waals surface area contributed by atoms with E-state index < -0.39 is 0 Å². The molecule has 2 aromatic heterocycles. The zero-order valence-corrected chi connectivity index (χ0v) is 11.5. The van der Waals surface area contributed by atoms with Crippen molar-refractivity contribution in [3.8, 4) is 0 Å². The van der Waals surface area contributed by atoms with E-state index in [-0.39, 0.29) is 6.04 Å². The van der Waals surface area contributed by atoms with Crippen molar-refractivity contribution >= 4 is 0 Å². The predicted octanol–water partition coefficient (Wildman–Crippen LogP) is 3.06. The molecule has 0 radical (unpaired) electrons. The van der Waals surface area contributed by atoms with Gasteiger partial charge in [0, 0.05) is 12.2 Å². The van der Waals surface area contributed by atoms with Crippen LogP contribution in [0.5, 0.6) is 0 Å². The largest absolute Gasteiger partial charge is 0.467 e. The van der Waals surface area contributed by atoms with Crippen molar-refractivity contribution in [1.29, 1.82) is 0 Å². The van der Waals surface area contributed by atoms with Crippen LogP contribution in [0.15, 0.2) is 29.0 Å². The van der Waals surface area contributed by atoms with Crippen molar-refractivity contribution in [2.45, 2.75) is 39.8 Å². The highest BCUT2D eigenvalue weighted by atomic mass is 16.3. The molecule has 0 saturated carbocycles. The third-order valence-corrected chi connectivity index (χ3v) is 3.06. The predicted molar refractivity (Wildman–Crippen MR) is 71.6 cm³/mol. The first-order chi connectivity index (χ1) is 8.65. The summed E-state index contributed by atoms with van der Waals surface area (Å²) in [6, 6.07) is 4.45. The van der Waals surface area contributed by atoms with Crippen LogP contribution in [0.4, 0.5) is 0 Å². The molecule has 0 bridgehead atoms. The zero-order valence-electron chi connectivity index (χ0n) is 11.5. The first-order valence-electron chi connectivity index (χ1n) is 6.46. The second-order valence-electron chi connectivity index (χ2n) is 4.75. The fourth-order valence-electron chi connectivity index (χ4n) is 2.20. The van der Waals surface area contributed by atoms with Gasteiger partial charge in [0.1, 0.15) is 11.8 Å². The molecule has 0 aromatic carbocycles. The van der Waals surface area contributed by atoms with Crippen LogP contribution in [0.3, 0.4) is 0 Å². The Morgan fingerprint density at radius 1 is 1.39 bits per heavy atom. The van der Waals surface area contributed by atoms with Gasteiger partial charge in [-0.15, -0.1) is 0 Å². The van der Waals surface area contributed by atoms with Crippen molar-refractivity contribution in [3.05, 3.63) is 41.6 Å². The van der Waals surface area contributed by atoms with Crippen LogP contribution in [-0.2, 0) is 0 Å². The fraction of sp³-hybridized carbons (Fsp3) is 0.500. The number of furan rings is 1. The average molecular weight is 247 g/mol. The van der Waals surface area contributed by atoms with Crippen LogP contribution in [0.2, 0.25) is 0 Å². The van der Waals surface area contributed by atoms with Crippen LogP contribution < -0.4 is 5.32 Å². The monoisotopic (exact) mass is 247 g/mol. The molecule has 2 rings (SSSR count). The third-order valence-electron chi connectivity index (χ3n) is 3.06. The van der Waals surface area contributed by atoms with Crippen molar-refractivity contribution in [1.82, 2.24) is 15.1 Å². The number of rotatable bonds is 5. The molecule has 0 spiro atoms. The number of hydrogen-bond acceptors (Lipinski definition) is 3. The highest BCUT2D eigenvalue weighted by Gasteiger charge is 2.22. The number of aromatic nitrogens is 2. The van der Waals surface area contributed by atoms with E-state index in [1.807, 2.05) is 16.9 Å². The van der Waals surface area contributed by atoms with E-state index in [0.29, 0.717) is 6.04 Å². The Hall–Kier alpha value is -1.55. The Labute approximate surface area is 108 Å². The molecule has 0 aliphatic heterocycles. The molecule has 4 nitrogen and oxygen atoms in total. The zero-order chi connectivity index (χ0) is 13.1. The average Bonchev–Trinajstić information content (AvgIpc) is 2.94. The normalized spacial score (nSPS) is 13.2. The molecule has 1 N–H and O–H groups in total. The topological polar surface area (TPSA) is 43.0 Å². The first kappa shape index (κ1) is 12.9. The quantitative estimate of drug-likeness (QED) is 0.883. The summed E-state index contributed by atoms with van der Waals surface area (Å²) in [5, 5.41) is 7.86. The molecule has 4 heteroatoms. The molecule has 0 aliphatic rings. The lowest BCUT2D eigenvalue weighted by Gasteiger charge is -2.20. The van der Waals surface area contributed by atoms with Gasteiger partial charge < -0.3 is 9.73 Å². The summed E-state index contributed by atoms with van der Waals surface area (Å²) < 4.78 is 7.67. The van der Waals surface area contributed by atoms with Gasteiger partial charge >= 0.3 is 0 Å². The van der Waals surface area contributed by atoms with Gasteiger partial charge in [0.15, 0.2) is 0 Å². The van der Waals surface area contributed by atoms with Crippen LogP contribution in [0.25, 0.3) is 0 Å². The fourth-order valence-corrected chi connectivity index (χ4v) is 2.20. The molecule has 0 saturated heterocycles. The Balaban J connectivity index is 2.42. The van der Waals surface area contributed by atoms with Crippen molar-refractivity contribution < 1.29 is 4.42 Å². The van der Waals surface area contributed by atoms with Gasteiger partial charge in [0.05, 0.1) is 12.0 Å². The Kier molecular flexibility index (Phi) is 3.87. The number of aryl methyl sites for hydroxylation is 1. The third kappa shape index (κ3) is 2.34. The summed E-state index contributed by atoms with van der Waals surface area (Å²) in [5.74, 6) is 0.972. The number of nitrogens with one attached hydrogen (secondary N) is 1. The van der Waals surface area contributed by atoms with E-state index in [1.54, 1.807) is 6.26 Å². The lowest BCUT2D eigenvalue weighted by Crippen LogP contribution is -2.25. The molecule has 1 unspecified atom stereocenters. The minimum atomic E-state index is 0.0647. The Morgan fingerprint density at radius 2 is 2.17 bits per heavy atom. The summed E-state index contributed by atoms with van der Waals surface area (Å²) in [6.45, 7) is 9.32. The number of nitrogens with zero attached hydrogens (tertiary/aromatic N) is 2. The molecule has 0 aliphatic carbocycles. The Bertz CT molecular complexity index is 499. The maximum absolute atomic E-state index is 5.63. The maximum Gasteiger partial charge on any atom is 0.129 e.